The Morgan fingerprint density at radius 3 is 2.41 bits per heavy atom. The molecule has 1 aliphatic rings. The van der Waals surface area contributed by atoms with Crippen molar-refractivity contribution in [2.75, 3.05) is 13.2 Å². The van der Waals surface area contributed by atoms with E-state index in [1.165, 1.54) is 6.07 Å². The van der Waals surface area contributed by atoms with Crippen LogP contribution in [-0.4, -0.2) is 26.9 Å². The summed E-state index contributed by atoms with van der Waals surface area (Å²) in [6.07, 6.45) is 0.653. The average molecular weight is 259 g/mol. The molecule has 1 aromatic carbocycles. The van der Waals surface area contributed by atoms with Crippen LogP contribution in [0.25, 0.3) is 0 Å². The van der Waals surface area contributed by atoms with Crippen LogP contribution in [-0.2, 0) is 11.1 Å². The third-order valence-electron chi connectivity index (χ3n) is 2.21. The molecule has 0 saturated carbocycles. The van der Waals surface area contributed by atoms with Crippen LogP contribution >= 0.6 is 0 Å². The number of hydrogen-bond donors (Lipinski definition) is 1. The fraction of sp³-hybridized carbons (Fsp3) is 0.333. The van der Waals surface area contributed by atoms with Crippen LogP contribution < -0.4 is 9.47 Å². The van der Waals surface area contributed by atoms with Crippen molar-refractivity contribution in [2.24, 2.45) is 0 Å². The van der Waals surface area contributed by atoms with Gasteiger partial charge in [0.1, 0.15) is 4.90 Å². The molecule has 1 aromatic rings. The van der Waals surface area contributed by atoms with Gasteiger partial charge >= 0.3 is 0 Å². The number of fused-ring (bicyclic) bond motifs is 1. The Labute approximate surface area is 98.8 Å². The summed E-state index contributed by atoms with van der Waals surface area (Å²) in [5, 5.41) is 10.8. The van der Waals surface area contributed by atoms with Crippen LogP contribution in [0.3, 0.4) is 0 Å². The van der Waals surface area contributed by atoms with Gasteiger partial charge in [-0.25, -0.2) is 4.21 Å². The van der Waals surface area contributed by atoms with Crippen molar-refractivity contribution in [3.05, 3.63) is 22.2 Å². The average Bonchev–Trinajstić information content (AvgIpc) is 2.51. The molecular formula is C9H9NO6S. The van der Waals surface area contributed by atoms with Crippen LogP contribution in [0, 0.1) is 10.1 Å². The molecule has 0 fully saturated rings. The Kier molecular flexibility index (Phi) is 3.25. The molecule has 1 unspecified atom stereocenters. The lowest BCUT2D eigenvalue weighted by atomic mass is 10.3. The Morgan fingerprint density at radius 2 is 1.88 bits per heavy atom. The number of nitro groups is 1. The first-order valence-electron chi connectivity index (χ1n) is 4.78. The Balaban J connectivity index is 2.56. The molecule has 0 aliphatic carbocycles. The lowest BCUT2D eigenvalue weighted by Crippen LogP contribution is -2.00. The molecule has 0 amide bonds. The smallest absolute Gasteiger partial charge is 0.291 e. The van der Waals surface area contributed by atoms with E-state index < -0.39 is 21.7 Å². The second-order valence-corrected chi connectivity index (χ2v) is 4.26. The van der Waals surface area contributed by atoms with Gasteiger partial charge in [0.05, 0.1) is 24.2 Å². The molecule has 1 heterocycles. The van der Waals surface area contributed by atoms with E-state index in [1.807, 2.05) is 0 Å². The molecule has 0 spiro atoms. The predicted molar refractivity (Wildman–Crippen MR) is 57.7 cm³/mol. The van der Waals surface area contributed by atoms with E-state index >= 15 is 0 Å². The second kappa shape index (κ2) is 4.68. The molecule has 1 aliphatic heterocycles. The second-order valence-electron chi connectivity index (χ2n) is 3.32. The van der Waals surface area contributed by atoms with Crippen LogP contribution in [0.1, 0.15) is 6.42 Å². The van der Waals surface area contributed by atoms with Crippen molar-refractivity contribution in [3.8, 4) is 11.5 Å². The van der Waals surface area contributed by atoms with Gasteiger partial charge in [0.25, 0.3) is 5.69 Å². The minimum Gasteiger partial charge on any atom is -0.490 e. The van der Waals surface area contributed by atoms with Crippen molar-refractivity contribution in [2.45, 2.75) is 11.3 Å². The number of ether oxygens (including phenoxy) is 2. The van der Waals surface area contributed by atoms with E-state index in [2.05, 4.69) is 0 Å². The molecule has 1 atom stereocenters. The monoisotopic (exact) mass is 259 g/mol. The molecule has 0 aromatic heterocycles. The standard InChI is InChI=1S/C9H9NO6S/c11-10(12)6-4-7-8(5-9(6)17(13)14)16-3-1-2-15-7/h4-5H,1-3H2,(H,13,14). The van der Waals surface area contributed by atoms with Crippen molar-refractivity contribution < 1.29 is 23.2 Å². The number of rotatable bonds is 2. The predicted octanol–water partition coefficient (Wildman–Crippen LogP) is 1.34. The van der Waals surface area contributed by atoms with Crippen molar-refractivity contribution in [1.82, 2.24) is 0 Å². The number of hydrogen-bond acceptors (Lipinski definition) is 5. The minimum atomic E-state index is -2.44. The maximum absolute atomic E-state index is 11.0. The van der Waals surface area contributed by atoms with Gasteiger partial charge in [0.2, 0.25) is 0 Å². The van der Waals surface area contributed by atoms with E-state index in [1.54, 1.807) is 0 Å². The first-order chi connectivity index (χ1) is 8.09. The highest BCUT2D eigenvalue weighted by molar-refractivity contribution is 7.79. The third-order valence-corrected chi connectivity index (χ3v) is 2.92. The van der Waals surface area contributed by atoms with Crippen molar-refractivity contribution in [1.29, 1.82) is 0 Å². The fourth-order valence-electron chi connectivity index (χ4n) is 1.46. The summed E-state index contributed by atoms with van der Waals surface area (Å²) >= 11 is -2.44. The Hall–Kier alpha value is -1.67. The summed E-state index contributed by atoms with van der Waals surface area (Å²) in [4.78, 5) is 9.74. The highest BCUT2D eigenvalue weighted by Gasteiger charge is 2.24. The van der Waals surface area contributed by atoms with Crippen LogP contribution in [0.2, 0.25) is 0 Å². The molecule has 1 N–H and O–H groups in total. The zero-order valence-electron chi connectivity index (χ0n) is 8.62. The van der Waals surface area contributed by atoms with E-state index in [0.717, 1.165) is 6.07 Å². The van der Waals surface area contributed by atoms with Gasteiger partial charge < -0.3 is 14.0 Å². The zero-order chi connectivity index (χ0) is 12.4. The fourth-order valence-corrected chi connectivity index (χ4v) is 1.98. The number of nitrogens with zero attached hydrogens (tertiary/aromatic N) is 1. The number of benzene rings is 1. The van der Waals surface area contributed by atoms with Crippen molar-refractivity contribution >= 4 is 16.8 Å². The maximum atomic E-state index is 11.0. The molecular weight excluding hydrogens is 250 g/mol. The first-order valence-corrected chi connectivity index (χ1v) is 5.89. The molecule has 8 heteroatoms. The summed E-state index contributed by atoms with van der Waals surface area (Å²) in [5.74, 6) is 0.480. The first kappa shape index (κ1) is 11.8. The minimum absolute atomic E-state index is 0.225. The van der Waals surface area contributed by atoms with Gasteiger partial charge in [-0.15, -0.1) is 0 Å². The summed E-state index contributed by atoms with van der Waals surface area (Å²) in [5.41, 5.74) is -0.449. The quantitative estimate of drug-likeness (QED) is 0.488. The molecule has 7 nitrogen and oxygen atoms in total. The normalized spacial score (nSPS) is 16.1. The van der Waals surface area contributed by atoms with E-state index in [9.17, 15) is 14.3 Å². The van der Waals surface area contributed by atoms with Gasteiger partial charge in [-0.1, -0.05) is 0 Å². The molecule has 17 heavy (non-hydrogen) atoms. The Bertz CT molecular complexity index is 446. The molecule has 0 bridgehead atoms. The highest BCUT2D eigenvalue weighted by Crippen LogP contribution is 2.37. The maximum Gasteiger partial charge on any atom is 0.291 e. The molecule has 0 radical (unpaired) electrons. The molecule has 0 saturated heterocycles. The SMILES string of the molecule is O=[N+]([O-])c1cc2c(cc1S(=O)O)OCCCO2. The van der Waals surface area contributed by atoms with Crippen molar-refractivity contribution in [3.63, 3.8) is 0 Å². The van der Waals surface area contributed by atoms with E-state index in [4.69, 9.17) is 14.0 Å². The van der Waals surface area contributed by atoms with Gasteiger partial charge in [0.15, 0.2) is 22.6 Å². The van der Waals surface area contributed by atoms with Crippen LogP contribution in [0.15, 0.2) is 17.0 Å². The largest absolute Gasteiger partial charge is 0.490 e. The third kappa shape index (κ3) is 2.37. The zero-order valence-corrected chi connectivity index (χ0v) is 9.44. The van der Waals surface area contributed by atoms with Crippen LogP contribution in [0.4, 0.5) is 5.69 Å². The number of nitro benzene ring substituents is 1. The summed E-state index contributed by atoms with van der Waals surface area (Å²) < 4.78 is 30.5. The van der Waals surface area contributed by atoms with Gasteiger partial charge in [-0.3, -0.25) is 10.1 Å². The summed E-state index contributed by atoms with van der Waals surface area (Å²) in [6, 6.07) is 2.29. The topological polar surface area (TPSA) is 98.9 Å². The van der Waals surface area contributed by atoms with E-state index in [-0.39, 0.29) is 16.4 Å². The molecule has 2 rings (SSSR count). The lowest BCUT2D eigenvalue weighted by molar-refractivity contribution is -0.387. The van der Waals surface area contributed by atoms with E-state index in [0.29, 0.717) is 19.6 Å². The molecule has 92 valence electrons. The highest BCUT2D eigenvalue weighted by atomic mass is 32.2. The van der Waals surface area contributed by atoms with Gasteiger partial charge in [-0.2, -0.15) is 0 Å². The van der Waals surface area contributed by atoms with Gasteiger partial charge in [0, 0.05) is 12.5 Å². The lowest BCUT2D eigenvalue weighted by Gasteiger charge is -2.08. The Morgan fingerprint density at radius 1 is 1.29 bits per heavy atom. The summed E-state index contributed by atoms with van der Waals surface area (Å²) in [6.45, 7) is 0.800. The van der Waals surface area contributed by atoms with Crippen LogP contribution in [0.5, 0.6) is 11.5 Å². The summed E-state index contributed by atoms with van der Waals surface area (Å²) in [7, 11) is 0. The van der Waals surface area contributed by atoms with Gasteiger partial charge in [-0.05, 0) is 0 Å².